The van der Waals surface area contributed by atoms with Crippen molar-refractivity contribution >= 4 is 0 Å². The topological polar surface area (TPSA) is 24.5 Å². The second-order valence-electron chi connectivity index (χ2n) is 5.35. The largest absolute Gasteiger partial charge is 0.380 e. The minimum atomic E-state index is 0.371. The molecular formula is C17H30N2O. The Morgan fingerprint density at radius 1 is 1.15 bits per heavy atom. The van der Waals surface area contributed by atoms with Crippen molar-refractivity contribution in [2.24, 2.45) is 0 Å². The van der Waals surface area contributed by atoms with E-state index in [1.165, 1.54) is 16.7 Å². The minimum absolute atomic E-state index is 0.371. The number of nitrogens with one attached hydrogen (secondary N) is 1. The van der Waals surface area contributed by atoms with Crippen LogP contribution in [0.15, 0.2) is 18.2 Å². The smallest absolute Gasteiger partial charge is 0.0593 e. The first kappa shape index (κ1) is 17.2. The third-order valence-corrected chi connectivity index (χ3v) is 3.64. The summed E-state index contributed by atoms with van der Waals surface area (Å²) in [4.78, 5) is 2.44. The fourth-order valence-electron chi connectivity index (χ4n) is 2.55. The highest BCUT2D eigenvalue weighted by Crippen LogP contribution is 2.18. The van der Waals surface area contributed by atoms with Crippen LogP contribution in [0.25, 0.3) is 0 Å². The summed E-state index contributed by atoms with van der Waals surface area (Å²) in [5.41, 5.74) is 4.04. The molecule has 1 N–H and O–H groups in total. The molecule has 1 aromatic carbocycles. The van der Waals surface area contributed by atoms with E-state index in [0.717, 1.165) is 32.8 Å². The highest BCUT2D eigenvalue weighted by Gasteiger charge is 2.14. The number of hydrogen-bond acceptors (Lipinski definition) is 3. The molecule has 1 unspecified atom stereocenters. The minimum Gasteiger partial charge on any atom is -0.380 e. The molecule has 1 rings (SSSR count). The maximum Gasteiger partial charge on any atom is 0.0593 e. The molecule has 3 heteroatoms. The van der Waals surface area contributed by atoms with Gasteiger partial charge in [0.05, 0.1) is 6.61 Å². The van der Waals surface area contributed by atoms with Crippen LogP contribution < -0.4 is 5.32 Å². The van der Waals surface area contributed by atoms with E-state index in [1.54, 1.807) is 0 Å². The lowest BCUT2D eigenvalue weighted by atomic mass is 10.0. The van der Waals surface area contributed by atoms with Gasteiger partial charge in [-0.3, -0.25) is 4.90 Å². The van der Waals surface area contributed by atoms with E-state index in [9.17, 15) is 0 Å². The molecule has 114 valence electrons. The van der Waals surface area contributed by atoms with Crippen LogP contribution in [0, 0.1) is 13.8 Å². The van der Waals surface area contributed by atoms with Gasteiger partial charge in [-0.05, 0) is 39.9 Å². The van der Waals surface area contributed by atoms with E-state index in [4.69, 9.17) is 4.74 Å². The Balaban J connectivity index is 2.68. The van der Waals surface area contributed by atoms with Crippen LogP contribution in [-0.2, 0) is 4.74 Å². The third kappa shape index (κ3) is 5.61. The number of nitrogens with zero attached hydrogens (tertiary/aromatic N) is 1. The first-order chi connectivity index (χ1) is 9.60. The molecule has 0 fully saturated rings. The molecule has 3 nitrogen and oxygen atoms in total. The van der Waals surface area contributed by atoms with Crippen molar-refractivity contribution < 1.29 is 4.74 Å². The van der Waals surface area contributed by atoms with Crippen molar-refractivity contribution in [3.8, 4) is 0 Å². The number of likely N-dealkylation sites (N-methyl/N-ethyl adjacent to an activating group) is 2. The van der Waals surface area contributed by atoms with Gasteiger partial charge in [0.1, 0.15) is 0 Å². The lowest BCUT2D eigenvalue weighted by molar-refractivity contribution is 0.111. The molecule has 1 aromatic rings. The van der Waals surface area contributed by atoms with Crippen LogP contribution in [0.2, 0.25) is 0 Å². The second kappa shape index (κ2) is 9.11. The Bertz CT molecular complexity index is 372. The molecule has 0 radical (unpaired) electrons. The summed E-state index contributed by atoms with van der Waals surface area (Å²) < 4.78 is 5.46. The zero-order chi connectivity index (χ0) is 15.0. The SMILES string of the molecule is CCOCCN(CC)CC(NC)c1cc(C)cc(C)c1. The first-order valence-electron chi connectivity index (χ1n) is 7.66. The van der Waals surface area contributed by atoms with Gasteiger partial charge in [0.25, 0.3) is 0 Å². The Kier molecular flexibility index (Phi) is 7.82. The zero-order valence-electron chi connectivity index (χ0n) is 13.7. The number of benzene rings is 1. The predicted molar refractivity (Wildman–Crippen MR) is 86.3 cm³/mol. The Hall–Kier alpha value is -0.900. The number of ether oxygens (including phenoxy) is 1. The van der Waals surface area contributed by atoms with Gasteiger partial charge in [0.15, 0.2) is 0 Å². The van der Waals surface area contributed by atoms with Gasteiger partial charge in [-0.25, -0.2) is 0 Å². The van der Waals surface area contributed by atoms with Crippen LogP contribution in [0.5, 0.6) is 0 Å². The van der Waals surface area contributed by atoms with E-state index in [0.29, 0.717) is 6.04 Å². The quantitative estimate of drug-likeness (QED) is 0.703. The number of rotatable bonds is 9. The molecule has 1 atom stereocenters. The van der Waals surface area contributed by atoms with Crippen LogP contribution in [0.3, 0.4) is 0 Å². The summed E-state index contributed by atoms with van der Waals surface area (Å²) >= 11 is 0. The number of hydrogen-bond donors (Lipinski definition) is 1. The van der Waals surface area contributed by atoms with Crippen molar-refractivity contribution in [2.45, 2.75) is 33.7 Å². The molecule has 0 saturated heterocycles. The number of aryl methyl sites for hydroxylation is 2. The van der Waals surface area contributed by atoms with Crippen molar-refractivity contribution in [3.63, 3.8) is 0 Å². The molecule has 0 aliphatic carbocycles. The van der Waals surface area contributed by atoms with Gasteiger partial charge in [-0.15, -0.1) is 0 Å². The second-order valence-corrected chi connectivity index (χ2v) is 5.35. The van der Waals surface area contributed by atoms with E-state index < -0.39 is 0 Å². The lowest BCUT2D eigenvalue weighted by Crippen LogP contribution is -2.36. The zero-order valence-corrected chi connectivity index (χ0v) is 13.7. The fraction of sp³-hybridized carbons (Fsp3) is 0.647. The van der Waals surface area contributed by atoms with Crippen LogP contribution in [0.4, 0.5) is 0 Å². The fourth-order valence-corrected chi connectivity index (χ4v) is 2.55. The lowest BCUT2D eigenvalue weighted by Gasteiger charge is -2.27. The molecule has 0 spiro atoms. The molecule has 0 amide bonds. The molecule has 0 saturated carbocycles. The van der Waals surface area contributed by atoms with Gasteiger partial charge in [0.2, 0.25) is 0 Å². The molecule has 0 heterocycles. The van der Waals surface area contributed by atoms with E-state index in [1.807, 2.05) is 14.0 Å². The van der Waals surface area contributed by atoms with Crippen LogP contribution in [-0.4, -0.2) is 44.8 Å². The van der Waals surface area contributed by atoms with E-state index in [-0.39, 0.29) is 0 Å². The Morgan fingerprint density at radius 3 is 2.30 bits per heavy atom. The van der Waals surface area contributed by atoms with Gasteiger partial charge in [0, 0.05) is 25.7 Å². The molecule has 0 aliphatic rings. The van der Waals surface area contributed by atoms with Crippen LogP contribution in [0.1, 0.15) is 36.6 Å². The summed E-state index contributed by atoms with van der Waals surface area (Å²) in [6.07, 6.45) is 0. The van der Waals surface area contributed by atoms with Gasteiger partial charge in [-0.1, -0.05) is 36.2 Å². The summed E-state index contributed by atoms with van der Waals surface area (Å²) in [7, 11) is 2.04. The Morgan fingerprint density at radius 2 is 1.80 bits per heavy atom. The van der Waals surface area contributed by atoms with E-state index in [2.05, 4.69) is 49.2 Å². The van der Waals surface area contributed by atoms with E-state index >= 15 is 0 Å². The van der Waals surface area contributed by atoms with Gasteiger partial charge in [-0.2, -0.15) is 0 Å². The highest BCUT2D eigenvalue weighted by atomic mass is 16.5. The van der Waals surface area contributed by atoms with Crippen molar-refractivity contribution in [1.82, 2.24) is 10.2 Å². The average Bonchev–Trinajstić information content (AvgIpc) is 2.41. The average molecular weight is 278 g/mol. The molecule has 0 aromatic heterocycles. The molecular weight excluding hydrogens is 248 g/mol. The molecule has 20 heavy (non-hydrogen) atoms. The molecule has 0 aliphatic heterocycles. The predicted octanol–water partition coefficient (Wildman–Crippen LogP) is 2.92. The summed E-state index contributed by atoms with van der Waals surface area (Å²) in [5.74, 6) is 0. The van der Waals surface area contributed by atoms with Gasteiger partial charge >= 0.3 is 0 Å². The van der Waals surface area contributed by atoms with Gasteiger partial charge < -0.3 is 10.1 Å². The molecule has 0 bridgehead atoms. The van der Waals surface area contributed by atoms with Crippen molar-refractivity contribution in [3.05, 3.63) is 34.9 Å². The van der Waals surface area contributed by atoms with Crippen molar-refractivity contribution in [1.29, 1.82) is 0 Å². The monoisotopic (exact) mass is 278 g/mol. The summed E-state index contributed by atoms with van der Waals surface area (Å²) in [5, 5.41) is 3.45. The standard InChI is InChI=1S/C17H30N2O/c1-6-19(8-9-20-7-2)13-17(18-5)16-11-14(3)10-15(4)12-16/h10-12,17-18H,6-9,13H2,1-5H3. The first-order valence-corrected chi connectivity index (χ1v) is 7.66. The normalized spacial score (nSPS) is 12.9. The third-order valence-electron chi connectivity index (χ3n) is 3.64. The highest BCUT2D eigenvalue weighted by molar-refractivity contribution is 5.30. The summed E-state index contributed by atoms with van der Waals surface area (Å²) in [6.45, 7) is 13.2. The van der Waals surface area contributed by atoms with Crippen molar-refractivity contribution in [2.75, 3.05) is 39.9 Å². The van der Waals surface area contributed by atoms with Crippen LogP contribution >= 0.6 is 0 Å². The maximum atomic E-state index is 5.46. The maximum absolute atomic E-state index is 5.46. The Labute approximate surface area is 124 Å². The summed E-state index contributed by atoms with van der Waals surface area (Å²) in [6, 6.07) is 7.16.